The Morgan fingerprint density at radius 3 is 2.59 bits per heavy atom. The molecule has 0 fully saturated rings. The predicted molar refractivity (Wildman–Crippen MR) is 135 cm³/mol. The Bertz CT molecular complexity index is 1290. The van der Waals surface area contributed by atoms with Crippen molar-refractivity contribution in [1.82, 2.24) is 9.55 Å². The number of methoxy groups -OCH3 is 1. The molecule has 7 heteroatoms. The van der Waals surface area contributed by atoms with Crippen molar-refractivity contribution in [3.8, 4) is 16.9 Å². The van der Waals surface area contributed by atoms with Crippen LogP contribution >= 0.6 is 11.6 Å². The topological polar surface area (TPSA) is 62.6 Å². The number of esters is 1. The standard InChI is InChI=1S/C27H33ClN2O4/c1-14-16(3)30(7)25-20(14)22(18-11-12-19-17(23(18)28)10-9-13-33-19)21(15(2)29-25)24(26(31)32-8)34-27(4,5)6/h11-12,24H,9-10,13H2,1-8H3. The molecule has 0 saturated carbocycles. The highest BCUT2D eigenvalue weighted by Crippen LogP contribution is 2.46. The SMILES string of the molecule is COC(=O)C(OC(C)(C)C)c1c(C)nc2c(c(C)c(C)n2C)c1-c1ccc2c(c1Cl)CCCO2. The molecule has 0 N–H and O–H groups in total. The Labute approximate surface area is 206 Å². The van der Waals surface area contributed by atoms with Gasteiger partial charge in [0.15, 0.2) is 6.10 Å². The van der Waals surface area contributed by atoms with Crippen LogP contribution in [-0.4, -0.2) is 34.8 Å². The number of pyridine rings is 1. The van der Waals surface area contributed by atoms with Crippen molar-refractivity contribution in [3.63, 3.8) is 0 Å². The molecule has 1 aliphatic rings. The van der Waals surface area contributed by atoms with E-state index in [1.807, 2.05) is 46.9 Å². The van der Waals surface area contributed by atoms with E-state index in [9.17, 15) is 4.79 Å². The number of rotatable bonds is 4. The monoisotopic (exact) mass is 484 g/mol. The number of benzene rings is 1. The number of aromatic nitrogens is 2. The maximum absolute atomic E-state index is 13.1. The van der Waals surface area contributed by atoms with E-state index < -0.39 is 17.7 Å². The van der Waals surface area contributed by atoms with E-state index in [0.29, 0.717) is 22.9 Å². The molecule has 182 valence electrons. The Kier molecular flexibility index (Phi) is 6.42. The summed E-state index contributed by atoms with van der Waals surface area (Å²) in [7, 11) is 3.38. The molecule has 1 aromatic carbocycles. The third kappa shape index (κ3) is 4.07. The van der Waals surface area contributed by atoms with Gasteiger partial charge in [-0.1, -0.05) is 11.6 Å². The molecule has 0 amide bonds. The van der Waals surface area contributed by atoms with Gasteiger partial charge in [-0.05, 0) is 72.1 Å². The van der Waals surface area contributed by atoms with Crippen LogP contribution in [0.4, 0.5) is 0 Å². The third-order valence-electron chi connectivity index (χ3n) is 6.59. The zero-order valence-corrected chi connectivity index (χ0v) is 22.0. The van der Waals surface area contributed by atoms with Crippen molar-refractivity contribution >= 4 is 28.6 Å². The molecule has 0 aliphatic carbocycles. The van der Waals surface area contributed by atoms with E-state index >= 15 is 0 Å². The van der Waals surface area contributed by atoms with E-state index in [0.717, 1.165) is 57.6 Å². The molecule has 1 atom stereocenters. The third-order valence-corrected chi connectivity index (χ3v) is 7.02. The van der Waals surface area contributed by atoms with Crippen LogP contribution < -0.4 is 4.74 Å². The summed E-state index contributed by atoms with van der Waals surface area (Å²) in [6, 6.07) is 3.96. The maximum atomic E-state index is 13.1. The van der Waals surface area contributed by atoms with Crippen molar-refractivity contribution < 1.29 is 19.0 Å². The summed E-state index contributed by atoms with van der Waals surface area (Å²) < 4.78 is 19.4. The first kappa shape index (κ1) is 24.6. The lowest BCUT2D eigenvalue weighted by Crippen LogP contribution is -2.29. The van der Waals surface area contributed by atoms with Crippen molar-refractivity contribution in [2.24, 2.45) is 7.05 Å². The van der Waals surface area contributed by atoms with Crippen molar-refractivity contribution in [2.45, 2.75) is 66.1 Å². The molecule has 0 spiro atoms. The first-order chi connectivity index (χ1) is 16.0. The average molecular weight is 485 g/mol. The van der Waals surface area contributed by atoms with Gasteiger partial charge >= 0.3 is 5.97 Å². The first-order valence-electron chi connectivity index (χ1n) is 11.6. The minimum absolute atomic E-state index is 0.469. The van der Waals surface area contributed by atoms with E-state index in [2.05, 4.69) is 18.4 Å². The summed E-state index contributed by atoms with van der Waals surface area (Å²) in [6.45, 7) is 12.5. The highest BCUT2D eigenvalue weighted by Gasteiger charge is 2.35. The molecular formula is C27H33ClN2O4. The lowest BCUT2D eigenvalue weighted by atomic mass is 9.89. The smallest absolute Gasteiger partial charge is 0.339 e. The van der Waals surface area contributed by atoms with Crippen LogP contribution in [-0.2, 0) is 27.7 Å². The minimum atomic E-state index is -0.958. The van der Waals surface area contributed by atoms with E-state index in [1.54, 1.807) is 0 Å². The van der Waals surface area contributed by atoms with Crippen molar-refractivity contribution in [1.29, 1.82) is 0 Å². The molecule has 34 heavy (non-hydrogen) atoms. The fourth-order valence-electron chi connectivity index (χ4n) is 4.77. The van der Waals surface area contributed by atoms with Crippen LogP contribution in [0.3, 0.4) is 0 Å². The number of aryl methyl sites for hydroxylation is 3. The zero-order chi connectivity index (χ0) is 24.9. The lowest BCUT2D eigenvalue weighted by molar-refractivity contribution is -0.164. The summed E-state index contributed by atoms with van der Waals surface area (Å²) in [5, 5.41) is 1.61. The summed E-state index contributed by atoms with van der Waals surface area (Å²) in [5.74, 6) is 0.350. The molecule has 2 aromatic heterocycles. The Morgan fingerprint density at radius 2 is 1.94 bits per heavy atom. The van der Waals surface area contributed by atoms with Gasteiger partial charge in [0.25, 0.3) is 0 Å². The maximum Gasteiger partial charge on any atom is 0.339 e. The molecule has 0 radical (unpaired) electrons. The number of hydrogen-bond acceptors (Lipinski definition) is 5. The Balaban J connectivity index is 2.14. The molecule has 0 bridgehead atoms. The molecule has 0 saturated heterocycles. The molecule has 1 unspecified atom stereocenters. The van der Waals surface area contributed by atoms with E-state index in [4.69, 9.17) is 30.8 Å². The normalized spacial score (nSPS) is 14.6. The van der Waals surface area contributed by atoms with Gasteiger partial charge in [-0.3, -0.25) is 0 Å². The predicted octanol–water partition coefficient (Wildman–Crippen LogP) is 6.17. The number of hydrogen-bond donors (Lipinski definition) is 0. The van der Waals surface area contributed by atoms with Gasteiger partial charge < -0.3 is 18.8 Å². The highest BCUT2D eigenvalue weighted by atomic mass is 35.5. The van der Waals surface area contributed by atoms with E-state index in [1.165, 1.54) is 7.11 Å². The lowest BCUT2D eigenvalue weighted by Gasteiger charge is -2.29. The second-order valence-electron chi connectivity index (χ2n) is 9.94. The fraction of sp³-hybridized carbons (Fsp3) is 0.481. The number of fused-ring (bicyclic) bond motifs is 2. The molecule has 3 aromatic rings. The second kappa shape index (κ2) is 8.90. The number of carbonyl (C=O) groups excluding carboxylic acids is 1. The fourth-order valence-corrected chi connectivity index (χ4v) is 5.12. The van der Waals surface area contributed by atoms with Gasteiger partial charge in [0, 0.05) is 46.1 Å². The average Bonchev–Trinajstić information content (AvgIpc) is 3.00. The quantitative estimate of drug-likeness (QED) is 0.414. The molecule has 1 aliphatic heterocycles. The summed E-state index contributed by atoms with van der Waals surface area (Å²) in [4.78, 5) is 18.0. The summed E-state index contributed by atoms with van der Waals surface area (Å²) in [5.41, 5.74) is 6.53. The van der Waals surface area contributed by atoms with Crippen LogP contribution in [0.2, 0.25) is 5.02 Å². The van der Waals surface area contributed by atoms with Crippen LogP contribution in [0.15, 0.2) is 12.1 Å². The molecule has 6 nitrogen and oxygen atoms in total. The van der Waals surface area contributed by atoms with Gasteiger partial charge in [0.2, 0.25) is 0 Å². The van der Waals surface area contributed by atoms with Crippen molar-refractivity contribution in [3.05, 3.63) is 45.2 Å². The molecule has 4 rings (SSSR count). The number of carbonyl (C=O) groups is 1. The largest absolute Gasteiger partial charge is 0.493 e. The highest BCUT2D eigenvalue weighted by molar-refractivity contribution is 6.35. The number of nitrogens with zero attached hydrogens (tertiary/aromatic N) is 2. The number of ether oxygens (including phenoxy) is 3. The Hall–Kier alpha value is -2.57. The van der Waals surface area contributed by atoms with Crippen LogP contribution in [0, 0.1) is 20.8 Å². The zero-order valence-electron chi connectivity index (χ0n) is 21.3. The van der Waals surface area contributed by atoms with E-state index in [-0.39, 0.29) is 0 Å². The first-order valence-corrected chi connectivity index (χ1v) is 12.0. The van der Waals surface area contributed by atoms with Crippen LogP contribution in [0.25, 0.3) is 22.2 Å². The van der Waals surface area contributed by atoms with Crippen LogP contribution in [0.1, 0.15) is 61.4 Å². The second-order valence-corrected chi connectivity index (χ2v) is 10.3. The van der Waals surface area contributed by atoms with Crippen molar-refractivity contribution in [2.75, 3.05) is 13.7 Å². The summed E-state index contributed by atoms with van der Waals surface area (Å²) in [6.07, 6.45) is 0.797. The molecular weight excluding hydrogens is 452 g/mol. The summed E-state index contributed by atoms with van der Waals surface area (Å²) >= 11 is 7.07. The van der Waals surface area contributed by atoms with Crippen LogP contribution in [0.5, 0.6) is 5.75 Å². The van der Waals surface area contributed by atoms with Gasteiger partial charge in [-0.2, -0.15) is 0 Å². The van der Waals surface area contributed by atoms with Gasteiger partial charge in [0.05, 0.1) is 24.3 Å². The molecule has 3 heterocycles. The van der Waals surface area contributed by atoms with Gasteiger partial charge in [-0.15, -0.1) is 0 Å². The number of halogens is 1. The van der Waals surface area contributed by atoms with Gasteiger partial charge in [-0.25, -0.2) is 9.78 Å². The Morgan fingerprint density at radius 1 is 1.24 bits per heavy atom. The minimum Gasteiger partial charge on any atom is -0.493 e. The van der Waals surface area contributed by atoms with Gasteiger partial charge in [0.1, 0.15) is 11.4 Å².